The van der Waals surface area contributed by atoms with Crippen molar-refractivity contribution >= 4 is 6.03 Å². The number of hydrogen-bond acceptors (Lipinski definition) is 4. The Morgan fingerprint density at radius 3 is 2.70 bits per heavy atom. The normalized spacial score (nSPS) is 18.0. The van der Waals surface area contributed by atoms with Crippen molar-refractivity contribution in [1.82, 2.24) is 25.0 Å². The van der Waals surface area contributed by atoms with Crippen LogP contribution in [0.2, 0.25) is 0 Å². The first-order chi connectivity index (χ1) is 21.0. The second kappa shape index (κ2) is 12.6. The number of urea groups is 1. The molecule has 43 heavy (non-hydrogen) atoms. The van der Waals surface area contributed by atoms with Crippen LogP contribution >= 0.6 is 0 Å². The van der Waals surface area contributed by atoms with E-state index >= 15 is 0 Å². The van der Waals surface area contributed by atoms with Gasteiger partial charge in [-0.15, -0.1) is 0 Å². The number of allylic oxidation sites excluding steroid dienone is 2. The second-order valence-electron chi connectivity index (χ2n) is 11.5. The molecule has 0 aliphatic heterocycles. The molecule has 2 aliphatic rings. The summed E-state index contributed by atoms with van der Waals surface area (Å²) in [7, 11) is 0. The van der Waals surface area contributed by atoms with Gasteiger partial charge in [-0.25, -0.2) is 13.9 Å². The summed E-state index contributed by atoms with van der Waals surface area (Å²) in [5, 5.41) is 17.3. The summed E-state index contributed by atoms with van der Waals surface area (Å²) in [6.45, 7) is 2.99. The number of rotatable bonds is 9. The number of amides is 2. The largest absolute Gasteiger partial charge is 0.331 e. The maximum atomic E-state index is 13.7. The van der Waals surface area contributed by atoms with Crippen molar-refractivity contribution in [1.29, 1.82) is 5.26 Å². The summed E-state index contributed by atoms with van der Waals surface area (Å²) in [4.78, 5) is 19.6. The molecule has 8 heteroatoms. The predicted molar refractivity (Wildman–Crippen MR) is 163 cm³/mol. The number of nitrogens with zero attached hydrogens (tertiary/aromatic N) is 5. The van der Waals surface area contributed by atoms with E-state index < -0.39 is 0 Å². The van der Waals surface area contributed by atoms with Gasteiger partial charge < -0.3 is 10.2 Å². The van der Waals surface area contributed by atoms with Crippen LogP contribution in [0.25, 0.3) is 5.69 Å². The molecule has 2 aromatic carbocycles. The molecule has 2 amide bonds. The highest BCUT2D eigenvalue weighted by Gasteiger charge is 2.37. The Kier molecular flexibility index (Phi) is 8.32. The lowest BCUT2D eigenvalue weighted by atomic mass is 9.78. The van der Waals surface area contributed by atoms with E-state index in [1.54, 1.807) is 29.4 Å². The van der Waals surface area contributed by atoms with E-state index in [1.807, 2.05) is 41.2 Å². The number of benzene rings is 2. The summed E-state index contributed by atoms with van der Waals surface area (Å²) in [6.07, 6.45) is 9.36. The molecular formula is C35H35FN6O. The maximum Gasteiger partial charge on any atom is 0.318 e. The molecule has 1 unspecified atom stereocenters. The Balaban J connectivity index is 1.23. The monoisotopic (exact) mass is 574 g/mol. The van der Waals surface area contributed by atoms with Crippen LogP contribution < -0.4 is 5.32 Å². The van der Waals surface area contributed by atoms with Crippen molar-refractivity contribution in [3.05, 3.63) is 125 Å². The van der Waals surface area contributed by atoms with Crippen LogP contribution in [0.1, 0.15) is 67.0 Å². The molecule has 4 aromatic rings. The van der Waals surface area contributed by atoms with E-state index in [-0.39, 0.29) is 30.2 Å². The van der Waals surface area contributed by atoms with E-state index in [0.29, 0.717) is 19.0 Å². The van der Waals surface area contributed by atoms with Gasteiger partial charge in [0.2, 0.25) is 0 Å². The SMILES string of the molecule is C[C@@H]1C2=C(CC[C@@H]2CC(NC(=O)N(CCC#N)Cc2cccnc2)c2ccccc2)Cc2c1cnn2-c1ccc(F)cc1. The maximum absolute atomic E-state index is 13.7. The smallest absolute Gasteiger partial charge is 0.318 e. The lowest BCUT2D eigenvalue weighted by molar-refractivity contribution is 0.190. The third kappa shape index (κ3) is 6.07. The Morgan fingerprint density at radius 1 is 1.14 bits per heavy atom. The average molecular weight is 575 g/mol. The zero-order valence-electron chi connectivity index (χ0n) is 24.3. The lowest BCUT2D eigenvalue weighted by Gasteiger charge is -2.31. The number of nitriles is 1. The number of nitrogens with one attached hydrogen (secondary N) is 1. The Morgan fingerprint density at radius 2 is 1.95 bits per heavy atom. The Bertz CT molecular complexity index is 1640. The lowest BCUT2D eigenvalue weighted by Crippen LogP contribution is -2.42. The van der Waals surface area contributed by atoms with Crippen LogP contribution in [0, 0.1) is 23.1 Å². The van der Waals surface area contributed by atoms with Gasteiger partial charge in [-0.05, 0) is 66.6 Å². The van der Waals surface area contributed by atoms with Crippen molar-refractivity contribution < 1.29 is 9.18 Å². The van der Waals surface area contributed by atoms with Gasteiger partial charge in [-0.2, -0.15) is 10.4 Å². The number of carbonyl (C=O) groups is 1. The van der Waals surface area contributed by atoms with Crippen LogP contribution in [0.15, 0.2) is 96.5 Å². The van der Waals surface area contributed by atoms with Crippen molar-refractivity contribution in [3.63, 3.8) is 0 Å². The van der Waals surface area contributed by atoms with E-state index in [1.165, 1.54) is 34.5 Å². The summed E-state index contributed by atoms with van der Waals surface area (Å²) in [5.74, 6) is 0.279. The molecule has 0 spiro atoms. The Labute approximate surface area is 251 Å². The molecule has 0 fully saturated rings. The summed E-state index contributed by atoms with van der Waals surface area (Å²) in [5.41, 5.74) is 8.18. The van der Waals surface area contributed by atoms with Gasteiger partial charge in [0.15, 0.2) is 0 Å². The van der Waals surface area contributed by atoms with E-state index in [0.717, 1.165) is 42.5 Å². The first-order valence-corrected chi connectivity index (χ1v) is 14.9. The first kappa shape index (κ1) is 28.4. The highest BCUT2D eigenvalue weighted by Crippen LogP contribution is 2.49. The molecule has 0 saturated carbocycles. The minimum absolute atomic E-state index is 0.181. The van der Waals surface area contributed by atoms with Crippen molar-refractivity contribution in [3.8, 4) is 11.8 Å². The molecule has 6 rings (SSSR count). The molecule has 7 nitrogen and oxygen atoms in total. The predicted octanol–water partition coefficient (Wildman–Crippen LogP) is 7.03. The van der Waals surface area contributed by atoms with Crippen LogP contribution in [-0.2, 0) is 13.0 Å². The molecule has 0 saturated heterocycles. The standard InChI is InChI=1S/C35H35FN6O/c1-24-31-22-39-42(30-14-12-29(36)13-15-30)33(31)20-28-11-10-27(34(24)28)19-32(26-8-3-2-4-9-26)40-35(43)41(18-6-16-37)23-25-7-5-17-38-21-25/h2-5,7-9,12-15,17,21-22,24,27,32H,6,10-11,18-20,23H2,1H3,(H,40,43)/t24-,27+,32?/m0/s1. The molecule has 0 radical (unpaired) electrons. The van der Waals surface area contributed by atoms with Gasteiger partial charge in [0.1, 0.15) is 5.82 Å². The van der Waals surface area contributed by atoms with Crippen molar-refractivity contribution in [2.45, 2.75) is 57.5 Å². The van der Waals surface area contributed by atoms with E-state index in [4.69, 9.17) is 5.10 Å². The average Bonchev–Trinajstić information content (AvgIpc) is 3.65. The quantitative estimate of drug-likeness (QED) is 0.218. The van der Waals surface area contributed by atoms with E-state index in [2.05, 4.69) is 35.4 Å². The van der Waals surface area contributed by atoms with Crippen molar-refractivity contribution in [2.75, 3.05) is 6.54 Å². The third-order valence-electron chi connectivity index (χ3n) is 8.83. The zero-order valence-corrected chi connectivity index (χ0v) is 24.3. The highest BCUT2D eigenvalue weighted by atomic mass is 19.1. The first-order valence-electron chi connectivity index (χ1n) is 14.9. The minimum Gasteiger partial charge on any atom is -0.331 e. The number of halogens is 1. The topological polar surface area (TPSA) is 86.8 Å². The highest BCUT2D eigenvalue weighted by molar-refractivity contribution is 5.74. The molecule has 0 bridgehead atoms. The van der Waals surface area contributed by atoms with E-state index in [9.17, 15) is 14.4 Å². The van der Waals surface area contributed by atoms with Gasteiger partial charge in [0, 0.05) is 43.4 Å². The molecule has 2 aliphatic carbocycles. The molecular weight excluding hydrogens is 539 g/mol. The van der Waals surface area contributed by atoms with Crippen LogP contribution in [0.5, 0.6) is 0 Å². The fraction of sp³-hybridized carbons (Fsp3) is 0.314. The fourth-order valence-corrected chi connectivity index (χ4v) is 6.77. The number of hydrogen-bond donors (Lipinski definition) is 1. The van der Waals surface area contributed by atoms with Crippen LogP contribution in [0.3, 0.4) is 0 Å². The Hall–Kier alpha value is -4.77. The second-order valence-corrected chi connectivity index (χ2v) is 11.5. The molecule has 218 valence electrons. The van der Waals surface area contributed by atoms with Crippen LogP contribution in [-0.4, -0.2) is 32.2 Å². The summed E-state index contributed by atoms with van der Waals surface area (Å²) in [6, 6.07) is 22.3. The number of aromatic nitrogens is 3. The van der Waals surface area contributed by atoms with Gasteiger partial charge in [0.05, 0.1) is 36.1 Å². The number of pyridine rings is 1. The number of carbonyl (C=O) groups excluding carboxylic acids is 1. The van der Waals surface area contributed by atoms with Gasteiger partial charge in [-0.3, -0.25) is 4.98 Å². The molecule has 1 N–H and O–H groups in total. The molecule has 3 atom stereocenters. The number of fused-ring (bicyclic) bond motifs is 1. The minimum atomic E-state index is -0.257. The zero-order chi connectivity index (χ0) is 29.8. The molecule has 2 aromatic heterocycles. The summed E-state index contributed by atoms with van der Waals surface area (Å²) < 4.78 is 15.5. The van der Waals surface area contributed by atoms with Crippen molar-refractivity contribution in [2.24, 2.45) is 5.92 Å². The third-order valence-corrected chi connectivity index (χ3v) is 8.83. The van der Waals surface area contributed by atoms with Gasteiger partial charge in [-0.1, -0.05) is 54.5 Å². The fourth-order valence-electron chi connectivity index (χ4n) is 6.77. The van der Waals surface area contributed by atoms with Gasteiger partial charge >= 0.3 is 6.03 Å². The van der Waals surface area contributed by atoms with Gasteiger partial charge in [0.25, 0.3) is 0 Å². The van der Waals surface area contributed by atoms with Crippen LogP contribution in [0.4, 0.5) is 9.18 Å². The summed E-state index contributed by atoms with van der Waals surface area (Å²) >= 11 is 0. The molecule has 2 heterocycles.